The van der Waals surface area contributed by atoms with Crippen LogP contribution in [0.15, 0.2) is 76.9 Å². The van der Waals surface area contributed by atoms with Gasteiger partial charge in [0.25, 0.3) is 0 Å². The molecule has 0 N–H and O–H groups in total. The summed E-state index contributed by atoms with van der Waals surface area (Å²) in [6.45, 7) is 0. The van der Waals surface area contributed by atoms with Crippen LogP contribution in [0.5, 0.6) is 0 Å². The molecule has 2 atom stereocenters. The van der Waals surface area contributed by atoms with Crippen molar-refractivity contribution in [1.82, 2.24) is 0 Å². The molecule has 1 aromatic rings. The summed E-state index contributed by atoms with van der Waals surface area (Å²) in [6, 6.07) is 15.1. The molecule has 0 spiro atoms. The van der Waals surface area contributed by atoms with Crippen molar-refractivity contribution in [2.24, 2.45) is 5.41 Å². The number of hydrogen-bond donors (Lipinski definition) is 0. The first-order chi connectivity index (χ1) is 10.8. The Morgan fingerprint density at radius 2 is 1.91 bits per heavy atom. The lowest BCUT2D eigenvalue weighted by molar-refractivity contribution is 0.504. The van der Waals surface area contributed by atoms with Crippen molar-refractivity contribution in [3.05, 3.63) is 82.5 Å². The van der Waals surface area contributed by atoms with E-state index in [1.165, 1.54) is 11.1 Å². The lowest BCUT2D eigenvalue weighted by Crippen LogP contribution is -2.26. The third-order valence-corrected chi connectivity index (χ3v) is 5.00. The minimum atomic E-state index is -0.628. The molecule has 22 heavy (non-hydrogen) atoms. The highest BCUT2D eigenvalue weighted by Gasteiger charge is 2.50. The molecule has 0 heterocycles. The van der Waals surface area contributed by atoms with Gasteiger partial charge in [0, 0.05) is 5.92 Å². The van der Waals surface area contributed by atoms with Crippen molar-refractivity contribution < 1.29 is 0 Å². The van der Waals surface area contributed by atoms with Crippen LogP contribution >= 0.6 is 0 Å². The minimum Gasteiger partial charge on any atom is -0.197 e. The van der Waals surface area contributed by atoms with Crippen LogP contribution in [0.2, 0.25) is 0 Å². The van der Waals surface area contributed by atoms with Gasteiger partial charge in [-0.25, -0.2) is 0 Å². The summed E-state index contributed by atoms with van der Waals surface area (Å²) in [7, 11) is 0. The van der Waals surface area contributed by atoms with Crippen LogP contribution < -0.4 is 0 Å². The van der Waals surface area contributed by atoms with Gasteiger partial charge in [-0.15, -0.1) is 0 Å². The maximum atomic E-state index is 10.0. The maximum Gasteiger partial charge on any atom is 0.108 e. The quantitative estimate of drug-likeness (QED) is 0.769. The molecule has 0 radical (unpaired) electrons. The van der Waals surface area contributed by atoms with Gasteiger partial charge in [0.15, 0.2) is 0 Å². The molecule has 2 heteroatoms. The number of rotatable bonds is 1. The zero-order valence-electron chi connectivity index (χ0n) is 12.1. The summed E-state index contributed by atoms with van der Waals surface area (Å²) < 4.78 is 0. The monoisotopic (exact) mass is 282 g/mol. The average molecular weight is 282 g/mol. The van der Waals surface area contributed by atoms with Crippen LogP contribution in [-0.2, 0) is 0 Å². The lowest BCUT2D eigenvalue weighted by Gasteiger charge is -2.33. The molecule has 1 aromatic carbocycles. The van der Waals surface area contributed by atoms with Gasteiger partial charge in [-0.2, -0.15) is 10.5 Å². The number of nitriles is 2. The van der Waals surface area contributed by atoms with Crippen LogP contribution in [0, 0.1) is 28.1 Å². The second kappa shape index (κ2) is 4.58. The predicted octanol–water partition coefficient (Wildman–Crippen LogP) is 4.33. The molecule has 0 amide bonds. The molecule has 104 valence electrons. The fraction of sp³-hybridized carbons (Fsp3) is 0.200. The van der Waals surface area contributed by atoms with Gasteiger partial charge in [0.1, 0.15) is 5.41 Å². The van der Waals surface area contributed by atoms with Gasteiger partial charge in [-0.05, 0) is 35.6 Å². The molecule has 3 aliphatic rings. The zero-order chi connectivity index (χ0) is 15.2. The van der Waals surface area contributed by atoms with E-state index < -0.39 is 5.41 Å². The van der Waals surface area contributed by atoms with Crippen molar-refractivity contribution in [2.75, 3.05) is 0 Å². The molecule has 3 aliphatic carbocycles. The van der Waals surface area contributed by atoms with Gasteiger partial charge in [-0.3, -0.25) is 0 Å². The SMILES string of the molecule is N#CC1=C2C=CCC3=C2[C@](C#N)(C=C1)C(c1ccccc1)C3. The van der Waals surface area contributed by atoms with Gasteiger partial charge < -0.3 is 0 Å². The van der Waals surface area contributed by atoms with Crippen LogP contribution in [0.25, 0.3) is 0 Å². The summed E-state index contributed by atoms with van der Waals surface area (Å²) in [5, 5.41) is 19.4. The van der Waals surface area contributed by atoms with E-state index in [4.69, 9.17) is 0 Å². The van der Waals surface area contributed by atoms with Gasteiger partial charge in [0.2, 0.25) is 0 Å². The van der Waals surface area contributed by atoms with E-state index in [1.54, 1.807) is 0 Å². The predicted molar refractivity (Wildman–Crippen MR) is 84.4 cm³/mol. The molecular weight excluding hydrogens is 268 g/mol. The van der Waals surface area contributed by atoms with Gasteiger partial charge >= 0.3 is 0 Å². The fourth-order valence-corrected chi connectivity index (χ4v) is 4.04. The first-order valence-corrected chi connectivity index (χ1v) is 7.49. The number of allylic oxidation sites excluding steroid dienone is 8. The first-order valence-electron chi connectivity index (χ1n) is 7.49. The Kier molecular flexibility index (Phi) is 2.68. The summed E-state index contributed by atoms with van der Waals surface area (Å²) in [4.78, 5) is 0. The van der Waals surface area contributed by atoms with E-state index in [0.29, 0.717) is 5.57 Å². The third-order valence-electron chi connectivity index (χ3n) is 5.00. The Balaban J connectivity index is 1.93. The van der Waals surface area contributed by atoms with Crippen molar-refractivity contribution in [1.29, 1.82) is 10.5 Å². The summed E-state index contributed by atoms with van der Waals surface area (Å²) in [5.41, 5.74) is 4.59. The normalized spacial score (nSPS) is 28.4. The maximum absolute atomic E-state index is 10.0. The Morgan fingerprint density at radius 1 is 1.09 bits per heavy atom. The summed E-state index contributed by atoms with van der Waals surface area (Å²) >= 11 is 0. The summed E-state index contributed by atoms with van der Waals surface area (Å²) in [5.74, 6) is 0.134. The number of nitrogens with zero attached hydrogens (tertiary/aromatic N) is 2. The molecule has 2 nitrogen and oxygen atoms in total. The van der Waals surface area contributed by atoms with Crippen LogP contribution in [0.1, 0.15) is 24.3 Å². The van der Waals surface area contributed by atoms with E-state index in [9.17, 15) is 10.5 Å². The molecule has 0 bridgehead atoms. The minimum absolute atomic E-state index is 0.134. The van der Waals surface area contributed by atoms with E-state index in [-0.39, 0.29) is 5.92 Å². The molecule has 0 aliphatic heterocycles. The van der Waals surface area contributed by atoms with Crippen LogP contribution in [0.3, 0.4) is 0 Å². The van der Waals surface area contributed by atoms with Crippen molar-refractivity contribution >= 4 is 0 Å². The Morgan fingerprint density at radius 3 is 2.64 bits per heavy atom. The molecule has 0 saturated heterocycles. The average Bonchev–Trinajstić information content (AvgIpc) is 2.93. The molecule has 1 unspecified atom stereocenters. The van der Waals surface area contributed by atoms with Crippen LogP contribution in [0.4, 0.5) is 0 Å². The van der Waals surface area contributed by atoms with Crippen molar-refractivity contribution in [3.8, 4) is 12.1 Å². The highest BCUT2D eigenvalue weighted by Crippen LogP contribution is 2.59. The largest absolute Gasteiger partial charge is 0.197 e. The van der Waals surface area contributed by atoms with E-state index in [0.717, 1.165) is 24.0 Å². The zero-order valence-corrected chi connectivity index (χ0v) is 12.1. The molecule has 0 saturated carbocycles. The second-order valence-electron chi connectivity index (χ2n) is 6.01. The van der Waals surface area contributed by atoms with Crippen LogP contribution in [-0.4, -0.2) is 0 Å². The fourth-order valence-electron chi connectivity index (χ4n) is 4.04. The standard InChI is InChI=1S/C20H14N2/c21-12-16-9-10-20(13-22)18(14-5-2-1-3-6-14)11-15-7-4-8-17(16)19(15)20/h1-6,8-10,18H,7,11H2/t18?,20-/m0/s1. The van der Waals surface area contributed by atoms with E-state index in [2.05, 4.69) is 30.3 Å². The Labute approximate surface area is 130 Å². The number of benzene rings is 1. The van der Waals surface area contributed by atoms with Gasteiger partial charge in [-0.1, -0.05) is 54.1 Å². The van der Waals surface area contributed by atoms with Crippen molar-refractivity contribution in [3.63, 3.8) is 0 Å². The second-order valence-corrected chi connectivity index (χ2v) is 6.01. The molecule has 0 fully saturated rings. The first kappa shape index (κ1) is 12.9. The highest BCUT2D eigenvalue weighted by atomic mass is 14.5. The molecular formula is C20H14N2. The van der Waals surface area contributed by atoms with E-state index >= 15 is 0 Å². The molecule has 4 rings (SSSR count). The topological polar surface area (TPSA) is 47.6 Å². The lowest BCUT2D eigenvalue weighted by atomic mass is 9.66. The Hall–Kier alpha value is -2.84. The molecule has 0 aromatic heterocycles. The van der Waals surface area contributed by atoms with Gasteiger partial charge in [0.05, 0.1) is 17.7 Å². The number of hydrogen-bond acceptors (Lipinski definition) is 2. The van der Waals surface area contributed by atoms with E-state index in [1.807, 2.05) is 36.4 Å². The Bertz CT molecular complexity index is 853. The highest BCUT2D eigenvalue weighted by molar-refractivity contribution is 5.68. The summed E-state index contributed by atoms with van der Waals surface area (Å²) in [6.07, 6.45) is 9.69. The smallest absolute Gasteiger partial charge is 0.108 e. The van der Waals surface area contributed by atoms with Crippen molar-refractivity contribution in [2.45, 2.75) is 18.8 Å². The third kappa shape index (κ3) is 1.53.